The summed E-state index contributed by atoms with van der Waals surface area (Å²) in [6.07, 6.45) is 5.08. The number of hydrogen-bond donors (Lipinski definition) is 1. The van der Waals surface area contributed by atoms with Crippen LogP contribution in [0.1, 0.15) is 49.1 Å². The average molecular weight is 351 g/mol. The van der Waals surface area contributed by atoms with E-state index in [1.165, 1.54) is 22.3 Å². The van der Waals surface area contributed by atoms with Crippen molar-refractivity contribution in [1.29, 1.82) is 0 Å². The third-order valence-corrected chi connectivity index (χ3v) is 4.86. The number of unbranched alkanes of at least 4 members (excludes halogenated alkanes) is 4. The number of fused-ring (bicyclic) bond motifs is 3. The normalized spacial score (nSPS) is 12.3. The Balaban J connectivity index is 1.47. The van der Waals surface area contributed by atoms with Crippen LogP contribution < -0.4 is 5.32 Å². The highest BCUT2D eigenvalue weighted by Gasteiger charge is 2.28. The van der Waals surface area contributed by atoms with E-state index in [1.807, 2.05) is 24.3 Å². The van der Waals surface area contributed by atoms with Crippen LogP contribution in [0.3, 0.4) is 0 Å². The van der Waals surface area contributed by atoms with Gasteiger partial charge in [-0.25, -0.2) is 4.79 Å². The van der Waals surface area contributed by atoms with E-state index in [4.69, 9.17) is 4.74 Å². The third-order valence-electron chi connectivity index (χ3n) is 4.86. The summed E-state index contributed by atoms with van der Waals surface area (Å²) in [5, 5.41) is 2.81. The molecule has 0 aromatic heterocycles. The third kappa shape index (κ3) is 4.31. The predicted molar refractivity (Wildman–Crippen MR) is 102 cm³/mol. The Morgan fingerprint density at radius 3 is 2.19 bits per heavy atom. The van der Waals surface area contributed by atoms with E-state index in [0.29, 0.717) is 19.6 Å². The minimum absolute atomic E-state index is 0.0940. The Bertz CT molecular complexity index is 711. The van der Waals surface area contributed by atoms with E-state index in [9.17, 15) is 9.59 Å². The molecule has 2 aromatic rings. The molecule has 1 aliphatic rings. The van der Waals surface area contributed by atoms with Crippen molar-refractivity contribution in [3.8, 4) is 11.1 Å². The summed E-state index contributed by atoms with van der Waals surface area (Å²) in [5.41, 5.74) is 4.90. The number of carbonyl (C=O) groups is 2. The van der Waals surface area contributed by atoms with Gasteiger partial charge in [0.15, 0.2) is 0 Å². The molecule has 1 amide bonds. The van der Waals surface area contributed by atoms with Crippen LogP contribution in [-0.4, -0.2) is 25.5 Å². The lowest BCUT2D eigenvalue weighted by Crippen LogP contribution is -2.27. The molecule has 0 aliphatic heterocycles. The topological polar surface area (TPSA) is 55.4 Å². The number of amides is 1. The molecule has 4 heteroatoms. The summed E-state index contributed by atoms with van der Waals surface area (Å²) in [6, 6.07) is 16.6. The number of aldehydes is 1. The molecule has 1 aliphatic carbocycles. The van der Waals surface area contributed by atoms with E-state index in [0.717, 1.165) is 32.0 Å². The van der Waals surface area contributed by atoms with Crippen molar-refractivity contribution in [3.05, 3.63) is 59.7 Å². The highest BCUT2D eigenvalue weighted by Crippen LogP contribution is 2.44. The molecule has 1 N–H and O–H groups in total. The lowest BCUT2D eigenvalue weighted by molar-refractivity contribution is -0.107. The van der Waals surface area contributed by atoms with E-state index < -0.39 is 0 Å². The Morgan fingerprint density at radius 1 is 0.923 bits per heavy atom. The van der Waals surface area contributed by atoms with Crippen LogP contribution in [0, 0.1) is 0 Å². The number of carbonyl (C=O) groups excluding carboxylic acids is 2. The molecule has 0 atom stereocenters. The highest BCUT2D eigenvalue weighted by atomic mass is 16.5. The van der Waals surface area contributed by atoms with Crippen molar-refractivity contribution < 1.29 is 14.3 Å². The van der Waals surface area contributed by atoms with Gasteiger partial charge in [0.25, 0.3) is 0 Å². The van der Waals surface area contributed by atoms with Gasteiger partial charge < -0.3 is 14.8 Å². The molecule has 0 heterocycles. The van der Waals surface area contributed by atoms with Crippen molar-refractivity contribution in [2.45, 2.75) is 38.0 Å². The van der Waals surface area contributed by atoms with Crippen molar-refractivity contribution in [1.82, 2.24) is 5.32 Å². The monoisotopic (exact) mass is 351 g/mol. The fourth-order valence-electron chi connectivity index (χ4n) is 3.55. The van der Waals surface area contributed by atoms with Gasteiger partial charge in [0.2, 0.25) is 0 Å². The number of benzene rings is 2. The van der Waals surface area contributed by atoms with Gasteiger partial charge in [0.05, 0.1) is 0 Å². The maximum Gasteiger partial charge on any atom is 0.407 e. The fraction of sp³-hybridized carbons (Fsp3) is 0.364. The number of alkyl carbamates (subject to hydrolysis) is 1. The van der Waals surface area contributed by atoms with Crippen LogP contribution in [-0.2, 0) is 9.53 Å². The molecule has 0 bridgehead atoms. The summed E-state index contributed by atoms with van der Waals surface area (Å²) in [7, 11) is 0. The van der Waals surface area contributed by atoms with Crippen LogP contribution in [0.5, 0.6) is 0 Å². The van der Waals surface area contributed by atoms with Crippen LogP contribution in [0.25, 0.3) is 11.1 Å². The number of nitrogens with one attached hydrogen (secondary N) is 1. The molecule has 0 saturated carbocycles. The Hall–Kier alpha value is -2.62. The second-order valence-electron chi connectivity index (χ2n) is 6.62. The first-order valence-electron chi connectivity index (χ1n) is 9.33. The first-order valence-corrected chi connectivity index (χ1v) is 9.33. The predicted octanol–water partition coefficient (Wildman–Crippen LogP) is 4.67. The zero-order chi connectivity index (χ0) is 18.2. The first kappa shape index (κ1) is 18.2. The van der Waals surface area contributed by atoms with Gasteiger partial charge in [0.1, 0.15) is 12.9 Å². The van der Waals surface area contributed by atoms with Gasteiger partial charge in [-0.3, -0.25) is 0 Å². The molecule has 0 fully saturated rings. The summed E-state index contributed by atoms with van der Waals surface area (Å²) in [6.45, 7) is 0.955. The van der Waals surface area contributed by atoms with E-state index in [1.54, 1.807) is 0 Å². The molecule has 0 radical (unpaired) electrons. The largest absolute Gasteiger partial charge is 0.449 e. The Morgan fingerprint density at radius 2 is 1.54 bits per heavy atom. The van der Waals surface area contributed by atoms with Gasteiger partial charge >= 0.3 is 6.09 Å². The van der Waals surface area contributed by atoms with Crippen molar-refractivity contribution in [3.63, 3.8) is 0 Å². The summed E-state index contributed by atoms with van der Waals surface area (Å²) < 4.78 is 5.49. The van der Waals surface area contributed by atoms with Gasteiger partial charge in [0, 0.05) is 18.9 Å². The van der Waals surface area contributed by atoms with E-state index >= 15 is 0 Å². The van der Waals surface area contributed by atoms with Gasteiger partial charge in [-0.1, -0.05) is 61.4 Å². The minimum Gasteiger partial charge on any atom is -0.449 e. The van der Waals surface area contributed by atoms with Crippen LogP contribution in [0.15, 0.2) is 48.5 Å². The molecule has 26 heavy (non-hydrogen) atoms. The molecule has 2 aromatic carbocycles. The Kier molecular flexibility index (Phi) is 6.42. The van der Waals surface area contributed by atoms with Crippen LogP contribution in [0.4, 0.5) is 4.79 Å². The maximum absolute atomic E-state index is 12.0. The summed E-state index contributed by atoms with van der Waals surface area (Å²) in [5.74, 6) is 0.0940. The second-order valence-corrected chi connectivity index (χ2v) is 6.62. The zero-order valence-corrected chi connectivity index (χ0v) is 14.9. The molecule has 136 valence electrons. The zero-order valence-electron chi connectivity index (χ0n) is 14.9. The van der Waals surface area contributed by atoms with Gasteiger partial charge in [-0.15, -0.1) is 0 Å². The molecule has 0 unspecified atom stereocenters. The maximum atomic E-state index is 12.0. The van der Waals surface area contributed by atoms with E-state index in [-0.39, 0.29) is 12.0 Å². The average Bonchev–Trinajstić information content (AvgIpc) is 3.00. The van der Waals surface area contributed by atoms with Crippen molar-refractivity contribution >= 4 is 12.4 Å². The molecule has 0 spiro atoms. The molecular formula is C22H25NO3. The minimum atomic E-state index is -0.361. The standard InChI is InChI=1S/C22H25NO3/c24-15-9-3-1-2-8-14-23-22(25)26-16-21-19-12-6-4-10-17(19)18-11-5-7-13-20(18)21/h4-7,10-13,15,21H,1-3,8-9,14,16H2,(H,23,25). The molecule has 0 saturated heterocycles. The molecular weight excluding hydrogens is 326 g/mol. The quantitative estimate of drug-likeness (QED) is 0.527. The van der Waals surface area contributed by atoms with Gasteiger partial charge in [-0.05, 0) is 35.1 Å². The SMILES string of the molecule is O=CCCCCCCNC(=O)OCC1c2ccccc2-c2ccccc21. The smallest absolute Gasteiger partial charge is 0.407 e. The lowest BCUT2D eigenvalue weighted by atomic mass is 9.98. The van der Waals surface area contributed by atoms with Crippen molar-refractivity contribution in [2.24, 2.45) is 0 Å². The van der Waals surface area contributed by atoms with Crippen molar-refractivity contribution in [2.75, 3.05) is 13.2 Å². The summed E-state index contributed by atoms with van der Waals surface area (Å²) in [4.78, 5) is 22.2. The van der Waals surface area contributed by atoms with Gasteiger partial charge in [-0.2, -0.15) is 0 Å². The molecule has 4 nitrogen and oxygen atoms in total. The number of rotatable bonds is 9. The molecule has 3 rings (SSSR count). The lowest BCUT2D eigenvalue weighted by Gasteiger charge is -2.14. The Labute approximate surface area is 154 Å². The fourth-order valence-corrected chi connectivity index (χ4v) is 3.55. The first-order chi connectivity index (χ1) is 12.8. The van der Waals surface area contributed by atoms with E-state index in [2.05, 4.69) is 29.6 Å². The number of ether oxygens (including phenoxy) is 1. The number of hydrogen-bond acceptors (Lipinski definition) is 3. The van der Waals surface area contributed by atoms with Crippen LogP contribution in [0.2, 0.25) is 0 Å². The highest BCUT2D eigenvalue weighted by molar-refractivity contribution is 5.79. The second kappa shape index (κ2) is 9.18. The summed E-state index contributed by atoms with van der Waals surface area (Å²) >= 11 is 0. The van der Waals surface area contributed by atoms with Crippen LogP contribution >= 0.6 is 0 Å².